The Hall–Kier alpha value is -2.24. The molecule has 0 spiro atoms. The monoisotopic (exact) mass is 369 g/mol. The second-order valence-electron chi connectivity index (χ2n) is 7.74. The number of aryl methyl sites for hydroxylation is 1. The summed E-state index contributed by atoms with van der Waals surface area (Å²) in [5.41, 5.74) is 3.33. The van der Waals surface area contributed by atoms with Crippen LogP contribution >= 0.6 is 0 Å². The van der Waals surface area contributed by atoms with Crippen LogP contribution < -0.4 is 14.2 Å². The van der Waals surface area contributed by atoms with E-state index in [9.17, 15) is 5.11 Å². The molecule has 0 bridgehead atoms. The summed E-state index contributed by atoms with van der Waals surface area (Å²) < 4.78 is 16.7. The highest BCUT2D eigenvalue weighted by atomic mass is 16.5. The van der Waals surface area contributed by atoms with Gasteiger partial charge in [-0.25, -0.2) is 0 Å². The summed E-state index contributed by atoms with van der Waals surface area (Å²) in [5.74, 6) is 2.85. The van der Waals surface area contributed by atoms with Crippen molar-refractivity contribution < 1.29 is 19.3 Å². The van der Waals surface area contributed by atoms with Gasteiger partial charge < -0.3 is 19.3 Å². The maximum Gasteiger partial charge on any atom is 0.126 e. The Bertz CT molecular complexity index is 837. The minimum absolute atomic E-state index is 0.126. The summed E-state index contributed by atoms with van der Waals surface area (Å²) in [6.45, 7) is 5.32. The maximum atomic E-state index is 10.2. The molecule has 0 aromatic heterocycles. The molecule has 1 N–H and O–H groups in total. The zero-order chi connectivity index (χ0) is 19.0. The molecule has 2 aromatic carbocycles. The standard InChI is InChI=1S/C22H27NO4/c1-15-8-16(4-7-20(15)26-3)10-23-11-19-18-6-5-17(25-2)9-21(18)27-14-22(19,12-23)13-24/h4-9,19,24H,10-14H2,1-3H3/t19-,22-/m1/s1. The van der Waals surface area contributed by atoms with Crippen LogP contribution in [-0.4, -0.2) is 50.5 Å². The molecular formula is C22H27NO4. The van der Waals surface area contributed by atoms with Gasteiger partial charge in [-0.1, -0.05) is 18.2 Å². The minimum Gasteiger partial charge on any atom is -0.497 e. The number of benzene rings is 2. The topological polar surface area (TPSA) is 51.2 Å². The zero-order valence-electron chi connectivity index (χ0n) is 16.2. The average molecular weight is 369 g/mol. The van der Waals surface area contributed by atoms with E-state index >= 15 is 0 Å². The molecule has 0 aliphatic carbocycles. The van der Waals surface area contributed by atoms with Crippen LogP contribution in [0.3, 0.4) is 0 Å². The fourth-order valence-electron chi connectivity index (χ4n) is 4.55. The van der Waals surface area contributed by atoms with Gasteiger partial charge in [0.1, 0.15) is 17.2 Å². The van der Waals surface area contributed by atoms with Crippen LogP contribution in [0, 0.1) is 12.3 Å². The van der Waals surface area contributed by atoms with E-state index < -0.39 is 0 Å². The van der Waals surface area contributed by atoms with Gasteiger partial charge in [0, 0.05) is 37.0 Å². The van der Waals surface area contributed by atoms with Crippen molar-refractivity contribution in [3.8, 4) is 17.2 Å². The Morgan fingerprint density at radius 3 is 2.74 bits per heavy atom. The first-order chi connectivity index (χ1) is 13.1. The van der Waals surface area contributed by atoms with E-state index in [1.165, 1.54) is 11.1 Å². The highest BCUT2D eigenvalue weighted by Crippen LogP contribution is 2.50. The third-order valence-corrected chi connectivity index (χ3v) is 6.01. The van der Waals surface area contributed by atoms with Crippen LogP contribution in [0.5, 0.6) is 17.2 Å². The van der Waals surface area contributed by atoms with Gasteiger partial charge in [0.25, 0.3) is 0 Å². The number of rotatable bonds is 5. The quantitative estimate of drug-likeness (QED) is 0.878. The Morgan fingerprint density at radius 2 is 2.04 bits per heavy atom. The number of aliphatic hydroxyl groups excluding tert-OH is 1. The molecule has 1 saturated heterocycles. The first kappa shape index (κ1) is 18.1. The first-order valence-corrected chi connectivity index (χ1v) is 9.36. The van der Waals surface area contributed by atoms with Gasteiger partial charge in [0.15, 0.2) is 0 Å². The number of fused-ring (bicyclic) bond motifs is 3. The van der Waals surface area contributed by atoms with Crippen molar-refractivity contribution in [2.75, 3.05) is 40.5 Å². The van der Waals surface area contributed by atoms with E-state index in [0.717, 1.165) is 42.4 Å². The van der Waals surface area contributed by atoms with Gasteiger partial charge in [-0.2, -0.15) is 0 Å². The van der Waals surface area contributed by atoms with Crippen molar-refractivity contribution in [1.82, 2.24) is 4.90 Å². The maximum absolute atomic E-state index is 10.2. The minimum atomic E-state index is -0.247. The molecule has 1 fully saturated rings. The molecule has 144 valence electrons. The van der Waals surface area contributed by atoms with Gasteiger partial charge in [-0.15, -0.1) is 0 Å². The number of aliphatic hydroxyl groups is 1. The number of ether oxygens (including phenoxy) is 3. The van der Waals surface area contributed by atoms with E-state index in [1.807, 2.05) is 18.2 Å². The van der Waals surface area contributed by atoms with Crippen LogP contribution in [0.2, 0.25) is 0 Å². The van der Waals surface area contributed by atoms with Crippen LogP contribution in [-0.2, 0) is 6.54 Å². The lowest BCUT2D eigenvalue weighted by atomic mass is 9.74. The third-order valence-electron chi connectivity index (χ3n) is 6.01. The van der Waals surface area contributed by atoms with Gasteiger partial charge in [0.05, 0.1) is 27.4 Å². The van der Waals surface area contributed by atoms with Gasteiger partial charge in [0.2, 0.25) is 0 Å². The van der Waals surface area contributed by atoms with Crippen molar-refractivity contribution >= 4 is 0 Å². The fraction of sp³-hybridized carbons (Fsp3) is 0.455. The van der Waals surface area contributed by atoms with Crippen molar-refractivity contribution in [2.24, 2.45) is 5.41 Å². The largest absolute Gasteiger partial charge is 0.497 e. The molecular weight excluding hydrogens is 342 g/mol. The molecule has 0 saturated carbocycles. The predicted molar refractivity (Wildman–Crippen MR) is 104 cm³/mol. The summed E-state index contributed by atoms with van der Waals surface area (Å²) in [7, 11) is 3.36. The summed E-state index contributed by atoms with van der Waals surface area (Å²) in [6, 6.07) is 12.3. The van der Waals surface area contributed by atoms with Crippen LogP contribution in [0.25, 0.3) is 0 Å². The summed E-state index contributed by atoms with van der Waals surface area (Å²) in [5, 5.41) is 10.2. The average Bonchev–Trinajstić information content (AvgIpc) is 3.06. The normalized spacial score (nSPS) is 24.1. The van der Waals surface area contributed by atoms with E-state index in [1.54, 1.807) is 14.2 Å². The molecule has 2 aliphatic heterocycles. The second-order valence-corrected chi connectivity index (χ2v) is 7.74. The lowest BCUT2D eigenvalue weighted by Gasteiger charge is -2.38. The lowest BCUT2D eigenvalue weighted by molar-refractivity contribution is 0.0456. The first-order valence-electron chi connectivity index (χ1n) is 9.36. The van der Waals surface area contributed by atoms with E-state index in [0.29, 0.717) is 6.61 Å². The molecule has 2 atom stereocenters. The molecule has 27 heavy (non-hydrogen) atoms. The van der Waals surface area contributed by atoms with E-state index in [2.05, 4.69) is 30.0 Å². The summed E-state index contributed by atoms with van der Waals surface area (Å²) >= 11 is 0. The van der Waals surface area contributed by atoms with Gasteiger partial charge in [-0.05, 0) is 35.7 Å². The van der Waals surface area contributed by atoms with Crippen molar-refractivity contribution in [3.63, 3.8) is 0 Å². The van der Waals surface area contributed by atoms with E-state index in [-0.39, 0.29) is 17.9 Å². The molecule has 5 heteroatoms. The summed E-state index contributed by atoms with van der Waals surface area (Å²) in [6.07, 6.45) is 0. The smallest absolute Gasteiger partial charge is 0.126 e. The van der Waals surface area contributed by atoms with Crippen LogP contribution in [0.15, 0.2) is 36.4 Å². The number of nitrogens with zero attached hydrogens (tertiary/aromatic N) is 1. The fourth-order valence-corrected chi connectivity index (χ4v) is 4.55. The molecule has 0 radical (unpaired) electrons. The highest BCUT2D eigenvalue weighted by Gasteiger charge is 2.50. The number of likely N-dealkylation sites (tertiary alicyclic amines) is 1. The van der Waals surface area contributed by atoms with Crippen LogP contribution in [0.1, 0.15) is 22.6 Å². The Balaban J connectivity index is 1.58. The predicted octanol–water partition coefficient (Wildman–Crippen LogP) is 2.98. The van der Waals surface area contributed by atoms with Crippen molar-refractivity contribution in [2.45, 2.75) is 19.4 Å². The Kier molecular flexibility index (Phi) is 4.74. The molecule has 2 aliphatic rings. The van der Waals surface area contributed by atoms with Crippen molar-refractivity contribution in [3.05, 3.63) is 53.1 Å². The molecule has 2 aromatic rings. The molecule has 0 unspecified atom stereocenters. The molecule has 2 heterocycles. The molecule has 5 nitrogen and oxygen atoms in total. The van der Waals surface area contributed by atoms with Gasteiger partial charge >= 0.3 is 0 Å². The third kappa shape index (κ3) is 3.15. The molecule has 4 rings (SSSR count). The SMILES string of the molecule is COc1ccc2c(c1)OC[C@]1(CO)CN(Cc3ccc(OC)c(C)c3)C[C@H]21. The number of hydrogen-bond acceptors (Lipinski definition) is 5. The number of methoxy groups -OCH3 is 2. The Morgan fingerprint density at radius 1 is 1.19 bits per heavy atom. The highest BCUT2D eigenvalue weighted by molar-refractivity contribution is 5.46. The van der Waals surface area contributed by atoms with Gasteiger partial charge in [-0.3, -0.25) is 4.90 Å². The Labute approximate surface area is 160 Å². The van der Waals surface area contributed by atoms with Crippen LogP contribution in [0.4, 0.5) is 0 Å². The summed E-state index contributed by atoms with van der Waals surface area (Å²) in [4.78, 5) is 2.42. The number of hydrogen-bond donors (Lipinski definition) is 1. The lowest BCUT2D eigenvalue weighted by Crippen LogP contribution is -2.42. The van der Waals surface area contributed by atoms with E-state index in [4.69, 9.17) is 14.2 Å². The molecule has 0 amide bonds. The zero-order valence-corrected chi connectivity index (χ0v) is 16.2. The second kappa shape index (κ2) is 7.06. The van der Waals surface area contributed by atoms with Crippen molar-refractivity contribution in [1.29, 1.82) is 0 Å².